The summed E-state index contributed by atoms with van der Waals surface area (Å²) in [5, 5.41) is 18.3. The van der Waals surface area contributed by atoms with E-state index in [0.717, 1.165) is 12.2 Å². The molecule has 1 aromatic carbocycles. The Hall–Kier alpha value is -3.12. The molecule has 0 N–H and O–H groups in total. The number of methoxy groups -OCH3 is 2. The molecule has 0 bridgehead atoms. The van der Waals surface area contributed by atoms with Crippen molar-refractivity contribution in [3.05, 3.63) is 42.0 Å². The highest BCUT2D eigenvalue weighted by Gasteiger charge is 2.25. The molecule has 1 rings (SSSR count). The average Bonchev–Trinajstić information content (AvgIpc) is 2.55. The molecule has 0 unspecified atom stereocenters. The highest BCUT2D eigenvalue weighted by atomic mass is 16.5. The van der Waals surface area contributed by atoms with Gasteiger partial charge in [0.25, 0.3) is 5.54 Å². The fourth-order valence-electron chi connectivity index (χ4n) is 1.36. The highest BCUT2D eigenvalue weighted by Crippen LogP contribution is 2.14. The van der Waals surface area contributed by atoms with Gasteiger partial charge in [0.15, 0.2) is 0 Å². The Morgan fingerprint density at radius 1 is 1.33 bits per heavy atom. The molecule has 0 heterocycles. The number of ether oxygens (including phenoxy) is 2. The SMILES string of the molecule is COC(=O)/C=C/C(C#N)(C#N)N=Cc1cccc(OC)c1. The van der Waals surface area contributed by atoms with Gasteiger partial charge in [-0.1, -0.05) is 12.1 Å². The van der Waals surface area contributed by atoms with Crippen LogP contribution in [0.3, 0.4) is 0 Å². The first-order chi connectivity index (χ1) is 10.1. The van der Waals surface area contributed by atoms with Crippen LogP contribution in [0.25, 0.3) is 0 Å². The highest BCUT2D eigenvalue weighted by molar-refractivity contribution is 5.83. The fourth-order valence-corrected chi connectivity index (χ4v) is 1.36. The average molecular weight is 283 g/mol. The maximum Gasteiger partial charge on any atom is 0.330 e. The molecule has 0 radical (unpaired) electrons. The van der Waals surface area contributed by atoms with Crippen LogP contribution in [0.5, 0.6) is 5.75 Å². The molecule has 0 saturated heterocycles. The molecule has 0 amide bonds. The van der Waals surface area contributed by atoms with Gasteiger partial charge < -0.3 is 9.47 Å². The molecule has 21 heavy (non-hydrogen) atoms. The smallest absolute Gasteiger partial charge is 0.330 e. The van der Waals surface area contributed by atoms with E-state index in [4.69, 9.17) is 15.3 Å². The van der Waals surface area contributed by atoms with E-state index < -0.39 is 11.5 Å². The Kier molecular flexibility index (Phi) is 5.66. The van der Waals surface area contributed by atoms with Crippen LogP contribution >= 0.6 is 0 Å². The summed E-state index contributed by atoms with van der Waals surface area (Å²) >= 11 is 0. The minimum atomic E-state index is -1.78. The maximum absolute atomic E-state index is 11.1. The van der Waals surface area contributed by atoms with Gasteiger partial charge in [0.1, 0.15) is 17.9 Å². The third-order valence-electron chi connectivity index (χ3n) is 2.51. The van der Waals surface area contributed by atoms with Crippen LogP contribution in [0, 0.1) is 22.7 Å². The molecule has 6 heteroatoms. The largest absolute Gasteiger partial charge is 0.497 e. The van der Waals surface area contributed by atoms with Crippen LogP contribution in [0.4, 0.5) is 0 Å². The number of carbonyl (C=O) groups excluding carboxylic acids is 1. The molecule has 0 aromatic heterocycles. The van der Waals surface area contributed by atoms with Crippen LogP contribution < -0.4 is 4.74 Å². The summed E-state index contributed by atoms with van der Waals surface area (Å²) in [4.78, 5) is 15.0. The van der Waals surface area contributed by atoms with Crippen molar-refractivity contribution in [3.8, 4) is 17.9 Å². The standard InChI is InChI=1S/C15H13N3O3/c1-20-13-5-3-4-12(8-13)9-18-15(10-16,11-17)7-6-14(19)21-2/h3-9H,1-2H3/b7-6+,18-9?. The topological polar surface area (TPSA) is 95.5 Å². The predicted octanol–water partition coefficient (Wildman–Crippen LogP) is 1.63. The molecule has 0 saturated carbocycles. The normalized spacial score (nSPS) is 11.0. The van der Waals surface area contributed by atoms with Crippen molar-refractivity contribution in [2.24, 2.45) is 4.99 Å². The lowest BCUT2D eigenvalue weighted by atomic mass is 10.0. The third kappa shape index (κ3) is 4.48. The number of esters is 1. The summed E-state index contributed by atoms with van der Waals surface area (Å²) < 4.78 is 9.48. The van der Waals surface area contributed by atoms with E-state index in [1.54, 1.807) is 36.4 Å². The van der Waals surface area contributed by atoms with Crippen LogP contribution in [0.2, 0.25) is 0 Å². The molecule has 0 aliphatic carbocycles. The van der Waals surface area contributed by atoms with Crippen LogP contribution in [-0.2, 0) is 9.53 Å². The minimum absolute atomic E-state index is 0.628. The Morgan fingerprint density at radius 3 is 2.62 bits per heavy atom. The zero-order valence-corrected chi connectivity index (χ0v) is 11.6. The monoisotopic (exact) mass is 283 g/mol. The summed E-state index contributed by atoms with van der Waals surface area (Å²) in [6.07, 6.45) is 3.46. The molecule has 6 nitrogen and oxygen atoms in total. The molecule has 0 spiro atoms. The summed E-state index contributed by atoms with van der Waals surface area (Å²) in [6.45, 7) is 0. The molecular formula is C15H13N3O3. The fraction of sp³-hybridized carbons (Fsp3) is 0.200. The van der Waals surface area contributed by atoms with Crippen LogP contribution in [0.1, 0.15) is 5.56 Å². The lowest BCUT2D eigenvalue weighted by Gasteiger charge is -2.07. The number of nitrogens with zero attached hydrogens (tertiary/aromatic N) is 3. The zero-order chi connectivity index (χ0) is 15.7. The van der Waals surface area contributed by atoms with E-state index in [2.05, 4.69) is 9.73 Å². The lowest BCUT2D eigenvalue weighted by Crippen LogP contribution is -2.19. The van der Waals surface area contributed by atoms with Gasteiger partial charge >= 0.3 is 5.97 Å². The number of rotatable bonds is 5. The number of hydrogen-bond acceptors (Lipinski definition) is 6. The summed E-state index contributed by atoms with van der Waals surface area (Å²) in [6, 6.07) is 10.5. The lowest BCUT2D eigenvalue weighted by molar-refractivity contribution is -0.134. The number of benzene rings is 1. The van der Waals surface area contributed by atoms with Crippen molar-refractivity contribution in [2.45, 2.75) is 5.54 Å². The Morgan fingerprint density at radius 2 is 2.05 bits per heavy atom. The van der Waals surface area contributed by atoms with Crippen LogP contribution in [0.15, 0.2) is 41.4 Å². The van der Waals surface area contributed by atoms with E-state index in [-0.39, 0.29) is 0 Å². The molecule has 1 aromatic rings. The molecule has 0 aliphatic rings. The molecule has 0 atom stereocenters. The number of aliphatic imine (C=N–C) groups is 1. The van der Waals surface area contributed by atoms with Crippen molar-refractivity contribution in [3.63, 3.8) is 0 Å². The Labute approximate surface area is 122 Å². The van der Waals surface area contributed by atoms with Gasteiger partial charge in [-0.2, -0.15) is 10.5 Å². The molecule has 0 aliphatic heterocycles. The van der Waals surface area contributed by atoms with Gasteiger partial charge in [0, 0.05) is 12.3 Å². The minimum Gasteiger partial charge on any atom is -0.497 e. The van der Waals surface area contributed by atoms with Gasteiger partial charge in [-0.3, -0.25) is 4.99 Å². The summed E-state index contributed by atoms with van der Waals surface area (Å²) in [5.41, 5.74) is -1.12. The van der Waals surface area contributed by atoms with Gasteiger partial charge in [0.2, 0.25) is 0 Å². The van der Waals surface area contributed by atoms with E-state index in [1.807, 2.05) is 0 Å². The van der Waals surface area contributed by atoms with E-state index in [0.29, 0.717) is 11.3 Å². The predicted molar refractivity (Wildman–Crippen MR) is 75.7 cm³/mol. The summed E-state index contributed by atoms with van der Waals surface area (Å²) in [5.74, 6) is -0.0370. The van der Waals surface area contributed by atoms with E-state index >= 15 is 0 Å². The van der Waals surface area contributed by atoms with Crippen molar-refractivity contribution in [1.29, 1.82) is 10.5 Å². The Balaban J connectivity index is 3.05. The number of carbonyl (C=O) groups is 1. The van der Waals surface area contributed by atoms with Crippen molar-refractivity contribution >= 4 is 12.2 Å². The second kappa shape index (κ2) is 7.46. The second-order valence-electron chi connectivity index (χ2n) is 3.88. The van der Waals surface area contributed by atoms with Gasteiger partial charge in [-0.05, 0) is 23.8 Å². The van der Waals surface area contributed by atoms with Gasteiger partial charge in [-0.15, -0.1) is 0 Å². The van der Waals surface area contributed by atoms with Crippen molar-refractivity contribution < 1.29 is 14.3 Å². The molecule has 106 valence electrons. The zero-order valence-electron chi connectivity index (χ0n) is 11.6. The first-order valence-corrected chi connectivity index (χ1v) is 5.88. The van der Waals surface area contributed by atoms with Crippen LogP contribution in [-0.4, -0.2) is 31.9 Å². The number of hydrogen-bond donors (Lipinski definition) is 0. The molecular weight excluding hydrogens is 270 g/mol. The van der Waals surface area contributed by atoms with Crippen molar-refractivity contribution in [1.82, 2.24) is 0 Å². The van der Waals surface area contributed by atoms with Gasteiger partial charge in [-0.25, -0.2) is 4.79 Å². The second-order valence-corrected chi connectivity index (χ2v) is 3.88. The van der Waals surface area contributed by atoms with E-state index in [1.165, 1.54) is 20.4 Å². The summed E-state index contributed by atoms with van der Waals surface area (Å²) in [7, 11) is 2.73. The first-order valence-electron chi connectivity index (χ1n) is 5.88. The Bertz CT molecular complexity index is 637. The van der Waals surface area contributed by atoms with E-state index in [9.17, 15) is 4.79 Å². The molecule has 0 fully saturated rings. The van der Waals surface area contributed by atoms with Gasteiger partial charge in [0.05, 0.1) is 14.2 Å². The quantitative estimate of drug-likeness (QED) is 0.465. The maximum atomic E-state index is 11.1. The van der Waals surface area contributed by atoms with Crippen molar-refractivity contribution in [2.75, 3.05) is 14.2 Å². The number of nitriles is 2. The first kappa shape index (κ1) is 15.9. The third-order valence-corrected chi connectivity index (χ3v) is 2.51.